The smallest absolute Gasteiger partial charge is 0.354 e. The first-order chi connectivity index (χ1) is 5.24. The molecule has 1 heterocycles. The molecule has 0 radical (unpaired) electrons. The normalized spacial score (nSPS) is 9.55. The molecule has 0 spiro atoms. The quantitative estimate of drug-likeness (QED) is 0.687. The van der Waals surface area contributed by atoms with Gasteiger partial charge in [-0.05, 0) is 12.1 Å². The largest absolute Gasteiger partial charge is 0.477 e. The Bertz CT molecular complexity index is 275. The Morgan fingerprint density at radius 1 is 1.64 bits per heavy atom. The van der Waals surface area contributed by atoms with Gasteiger partial charge < -0.3 is 5.11 Å². The number of nitrogens with zero attached hydrogens (tertiary/aromatic N) is 1. The number of hydrogen-bond acceptors (Lipinski definition) is 2. The summed E-state index contributed by atoms with van der Waals surface area (Å²) in [5.74, 6) is -0.793. The van der Waals surface area contributed by atoms with Crippen LogP contribution in [0, 0.1) is 0 Å². The predicted molar refractivity (Wildman–Crippen MR) is 40.8 cm³/mol. The summed E-state index contributed by atoms with van der Waals surface area (Å²) in [6.45, 7) is 0. The molecule has 11 heavy (non-hydrogen) atoms. The average Bonchev–Trinajstić information content (AvgIpc) is 2.05. The molecule has 0 aliphatic rings. The van der Waals surface area contributed by atoms with Gasteiger partial charge in [-0.1, -0.05) is 6.07 Å². The molecule has 0 amide bonds. The van der Waals surface area contributed by atoms with E-state index in [4.69, 9.17) is 16.7 Å². The van der Waals surface area contributed by atoms with Crippen molar-refractivity contribution in [3.63, 3.8) is 0 Å². The molecule has 0 atom stereocenters. The van der Waals surface area contributed by atoms with Gasteiger partial charge in [0.05, 0.1) is 11.6 Å². The van der Waals surface area contributed by atoms with Gasteiger partial charge in [-0.2, -0.15) is 0 Å². The summed E-state index contributed by atoms with van der Waals surface area (Å²) in [6, 6.07) is 4.73. The highest BCUT2D eigenvalue weighted by Gasteiger charge is 2.03. The monoisotopic (exact) mass is 171 g/mol. The van der Waals surface area contributed by atoms with Gasteiger partial charge >= 0.3 is 5.97 Å². The summed E-state index contributed by atoms with van der Waals surface area (Å²) < 4.78 is 0. The Hall–Kier alpha value is -1.09. The fraction of sp³-hybridized carbons (Fsp3) is 0.143. The summed E-state index contributed by atoms with van der Waals surface area (Å²) in [6.07, 6.45) is 0. The third kappa shape index (κ3) is 1.91. The number of pyridine rings is 1. The van der Waals surface area contributed by atoms with E-state index in [2.05, 4.69) is 4.98 Å². The van der Waals surface area contributed by atoms with Crippen molar-refractivity contribution in [3.8, 4) is 0 Å². The standard InChI is InChI=1S/C7H6ClNO2/c8-4-5-2-1-3-6(9-5)7(10)11/h1-3H,4H2,(H,10,11). The van der Waals surface area contributed by atoms with E-state index in [1.54, 1.807) is 12.1 Å². The number of aromatic nitrogens is 1. The van der Waals surface area contributed by atoms with Crippen molar-refractivity contribution in [2.75, 3.05) is 0 Å². The van der Waals surface area contributed by atoms with Crippen LogP contribution in [-0.4, -0.2) is 16.1 Å². The number of carbonyl (C=O) groups is 1. The van der Waals surface area contributed by atoms with E-state index < -0.39 is 5.97 Å². The maximum absolute atomic E-state index is 10.4. The molecule has 0 saturated heterocycles. The van der Waals surface area contributed by atoms with Crippen LogP contribution in [0.5, 0.6) is 0 Å². The molecule has 0 aromatic carbocycles. The van der Waals surface area contributed by atoms with Crippen LogP contribution in [0.25, 0.3) is 0 Å². The zero-order valence-corrected chi connectivity index (χ0v) is 6.38. The van der Waals surface area contributed by atoms with Gasteiger partial charge in [-0.15, -0.1) is 11.6 Å². The maximum atomic E-state index is 10.4. The van der Waals surface area contributed by atoms with Crippen LogP contribution in [0.3, 0.4) is 0 Å². The molecule has 0 aliphatic heterocycles. The van der Waals surface area contributed by atoms with Crippen molar-refractivity contribution in [1.29, 1.82) is 0 Å². The third-order valence-corrected chi connectivity index (χ3v) is 1.44. The maximum Gasteiger partial charge on any atom is 0.354 e. The number of carboxylic acids is 1. The van der Waals surface area contributed by atoms with Crippen LogP contribution in [0.1, 0.15) is 16.2 Å². The highest BCUT2D eigenvalue weighted by Crippen LogP contribution is 2.01. The number of alkyl halides is 1. The summed E-state index contributed by atoms with van der Waals surface area (Å²) in [5, 5.41) is 8.50. The van der Waals surface area contributed by atoms with E-state index in [0.717, 1.165) is 0 Å². The van der Waals surface area contributed by atoms with Gasteiger partial charge in [0.15, 0.2) is 0 Å². The van der Waals surface area contributed by atoms with Gasteiger partial charge in [0.1, 0.15) is 5.69 Å². The Labute approximate surface area is 68.6 Å². The third-order valence-electron chi connectivity index (χ3n) is 1.16. The molecule has 1 aromatic rings. The molecule has 0 saturated carbocycles. The van der Waals surface area contributed by atoms with E-state index in [1.807, 2.05) is 0 Å². The van der Waals surface area contributed by atoms with Crippen LogP contribution in [0.2, 0.25) is 0 Å². The van der Waals surface area contributed by atoms with Crippen molar-refractivity contribution in [2.24, 2.45) is 0 Å². The number of halogens is 1. The minimum Gasteiger partial charge on any atom is -0.477 e. The number of aromatic carboxylic acids is 1. The van der Waals surface area contributed by atoms with E-state index in [-0.39, 0.29) is 11.6 Å². The molecule has 0 aliphatic carbocycles. The molecule has 0 fully saturated rings. The van der Waals surface area contributed by atoms with Gasteiger partial charge in [-0.25, -0.2) is 9.78 Å². The molecule has 0 bridgehead atoms. The van der Waals surface area contributed by atoms with Crippen molar-refractivity contribution in [1.82, 2.24) is 4.98 Å². The number of carboxylic acid groups (broad SMARTS) is 1. The molecule has 1 rings (SSSR count). The molecule has 1 N–H and O–H groups in total. The zero-order valence-electron chi connectivity index (χ0n) is 5.62. The van der Waals surface area contributed by atoms with E-state index in [0.29, 0.717) is 5.69 Å². The number of rotatable bonds is 2. The summed E-state index contributed by atoms with van der Waals surface area (Å²) in [7, 11) is 0. The fourth-order valence-electron chi connectivity index (χ4n) is 0.673. The highest BCUT2D eigenvalue weighted by molar-refractivity contribution is 6.16. The van der Waals surface area contributed by atoms with Crippen molar-refractivity contribution in [3.05, 3.63) is 29.6 Å². The molecular weight excluding hydrogens is 166 g/mol. The molecule has 58 valence electrons. The first kappa shape index (κ1) is 8.01. The number of hydrogen-bond donors (Lipinski definition) is 1. The summed E-state index contributed by atoms with van der Waals surface area (Å²) >= 11 is 5.45. The lowest BCUT2D eigenvalue weighted by molar-refractivity contribution is 0.0690. The lowest BCUT2D eigenvalue weighted by Crippen LogP contribution is -2.01. The van der Waals surface area contributed by atoms with E-state index in [9.17, 15) is 4.79 Å². The molecular formula is C7H6ClNO2. The fourth-order valence-corrected chi connectivity index (χ4v) is 0.822. The summed E-state index contributed by atoms with van der Waals surface area (Å²) in [5.41, 5.74) is 0.606. The second kappa shape index (κ2) is 3.34. The first-order valence-corrected chi connectivity index (χ1v) is 3.52. The minimum atomic E-state index is -1.03. The highest BCUT2D eigenvalue weighted by atomic mass is 35.5. The van der Waals surface area contributed by atoms with Gasteiger partial charge in [-0.3, -0.25) is 0 Å². The second-order valence-electron chi connectivity index (χ2n) is 1.95. The van der Waals surface area contributed by atoms with Crippen molar-refractivity contribution >= 4 is 17.6 Å². The van der Waals surface area contributed by atoms with Gasteiger partial charge in [0.2, 0.25) is 0 Å². The second-order valence-corrected chi connectivity index (χ2v) is 2.22. The first-order valence-electron chi connectivity index (χ1n) is 2.99. The van der Waals surface area contributed by atoms with Crippen LogP contribution in [-0.2, 0) is 5.88 Å². The van der Waals surface area contributed by atoms with Crippen LogP contribution in [0.4, 0.5) is 0 Å². The Morgan fingerprint density at radius 3 is 2.91 bits per heavy atom. The van der Waals surface area contributed by atoms with Crippen molar-refractivity contribution < 1.29 is 9.90 Å². The Balaban J connectivity index is 3.01. The average molecular weight is 172 g/mol. The topological polar surface area (TPSA) is 50.2 Å². The van der Waals surface area contributed by atoms with Crippen LogP contribution in [0.15, 0.2) is 18.2 Å². The van der Waals surface area contributed by atoms with E-state index >= 15 is 0 Å². The zero-order chi connectivity index (χ0) is 8.27. The summed E-state index contributed by atoms with van der Waals surface area (Å²) in [4.78, 5) is 14.1. The van der Waals surface area contributed by atoms with Crippen molar-refractivity contribution in [2.45, 2.75) is 5.88 Å². The molecule has 0 unspecified atom stereocenters. The van der Waals surface area contributed by atoms with Gasteiger partial charge in [0, 0.05) is 0 Å². The lowest BCUT2D eigenvalue weighted by atomic mass is 10.3. The van der Waals surface area contributed by atoms with Crippen LogP contribution < -0.4 is 0 Å². The Kier molecular flexibility index (Phi) is 2.44. The van der Waals surface area contributed by atoms with Gasteiger partial charge in [0.25, 0.3) is 0 Å². The van der Waals surface area contributed by atoms with E-state index in [1.165, 1.54) is 6.07 Å². The lowest BCUT2D eigenvalue weighted by Gasteiger charge is -1.95. The molecule has 4 heteroatoms. The predicted octanol–water partition coefficient (Wildman–Crippen LogP) is 1.52. The molecule has 3 nitrogen and oxygen atoms in total. The molecule has 1 aromatic heterocycles. The Morgan fingerprint density at radius 2 is 2.36 bits per heavy atom. The van der Waals surface area contributed by atoms with Crippen LogP contribution >= 0.6 is 11.6 Å². The SMILES string of the molecule is O=C(O)c1cccc(CCl)n1. The minimum absolute atomic E-state index is 0.0307.